The van der Waals surface area contributed by atoms with Crippen LogP contribution >= 0.6 is 0 Å². The van der Waals surface area contributed by atoms with Gasteiger partial charge in [0.1, 0.15) is 0 Å². The van der Waals surface area contributed by atoms with Crippen LogP contribution in [0.3, 0.4) is 0 Å². The molecule has 2 rings (SSSR count). The Morgan fingerprint density at radius 1 is 1.16 bits per heavy atom. The Labute approximate surface area is 114 Å². The summed E-state index contributed by atoms with van der Waals surface area (Å²) in [5, 5.41) is 14.2. The van der Waals surface area contributed by atoms with Gasteiger partial charge in [-0.2, -0.15) is 5.10 Å². The average molecular weight is 258 g/mol. The maximum absolute atomic E-state index is 4.27. The Morgan fingerprint density at radius 2 is 1.84 bits per heavy atom. The predicted octanol–water partition coefficient (Wildman–Crippen LogP) is 2.69. The molecule has 0 bridgehead atoms. The summed E-state index contributed by atoms with van der Waals surface area (Å²) >= 11 is 0. The van der Waals surface area contributed by atoms with Crippen LogP contribution in [0, 0.1) is 6.92 Å². The second-order valence-electron chi connectivity index (χ2n) is 5.18. The summed E-state index contributed by atoms with van der Waals surface area (Å²) in [5.74, 6) is 0.873. The van der Waals surface area contributed by atoms with Gasteiger partial charge in [-0.1, -0.05) is 24.3 Å². The lowest BCUT2D eigenvalue weighted by atomic mass is 10.1. The van der Waals surface area contributed by atoms with E-state index < -0.39 is 0 Å². The summed E-state index contributed by atoms with van der Waals surface area (Å²) < 4.78 is 0. The molecule has 0 saturated heterocycles. The fourth-order valence-electron chi connectivity index (χ4n) is 1.98. The van der Waals surface area contributed by atoms with Crippen molar-refractivity contribution in [3.05, 3.63) is 30.0 Å². The first-order valence-corrected chi connectivity index (χ1v) is 6.75. The number of likely N-dealkylation sites (N-methyl/N-ethyl adjacent to an activating group) is 1. The Hall–Kier alpha value is -1.68. The highest BCUT2D eigenvalue weighted by atomic mass is 15.2. The molecule has 1 aromatic carbocycles. The summed E-state index contributed by atoms with van der Waals surface area (Å²) in [6.45, 7) is 8.24. The van der Waals surface area contributed by atoms with Crippen LogP contribution in [0.1, 0.15) is 19.5 Å². The standard InChI is InChI=1S/C15H22N4/c1-11(2)19(4)10-9-16-15-14-8-6-5-7-13(14)12(3)17-18-15/h5-8,11H,9-10H2,1-4H3,(H,16,18). The Morgan fingerprint density at radius 3 is 2.53 bits per heavy atom. The van der Waals surface area contributed by atoms with E-state index in [2.05, 4.69) is 53.4 Å². The van der Waals surface area contributed by atoms with Crippen molar-refractivity contribution in [3.63, 3.8) is 0 Å². The summed E-state index contributed by atoms with van der Waals surface area (Å²) in [6.07, 6.45) is 0. The van der Waals surface area contributed by atoms with Gasteiger partial charge in [0.25, 0.3) is 0 Å². The zero-order valence-electron chi connectivity index (χ0n) is 12.1. The quantitative estimate of drug-likeness (QED) is 0.895. The number of aryl methyl sites for hydroxylation is 1. The van der Waals surface area contributed by atoms with E-state index in [9.17, 15) is 0 Å². The van der Waals surface area contributed by atoms with Crippen LogP contribution in [-0.2, 0) is 0 Å². The summed E-state index contributed by atoms with van der Waals surface area (Å²) in [6, 6.07) is 8.81. The number of rotatable bonds is 5. The number of hydrogen-bond donors (Lipinski definition) is 1. The molecule has 0 unspecified atom stereocenters. The molecule has 1 heterocycles. The third-order valence-electron chi connectivity index (χ3n) is 3.51. The first-order chi connectivity index (χ1) is 9.09. The summed E-state index contributed by atoms with van der Waals surface area (Å²) in [7, 11) is 2.13. The van der Waals surface area contributed by atoms with Gasteiger partial charge in [0.05, 0.1) is 5.69 Å². The lowest BCUT2D eigenvalue weighted by molar-refractivity contribution is 0.284. The van der Waals surface area contributed by atoms with E-state index >= 15 is 0 Å². The molecule has 1 N–H and O–H groups in total. The van der Waals surface area contributed by atoms with Crippen molar-refractivity contribution in [3.8, 4) is 0 Å². The zero-order valence-corrected chi connectivity index (χ0v) is 12.1. The molecule has 4 heteroatoms. The van der Waals surface area contributed by atoms with Gasteiger partial charge in [-0.3, -0.25) is 0 Å². The molecular formula is C15H22N4. The van der Waals surface area contributed by atoms with Gasteiger partial charge in [0.15, 0.2) is 5.82 Å². The van der Waals surface area contributed by atoms with Crippen molar-refractivity contribution in [2.45, 2.75) is 26.8 Å². The molecule has 0 spiro atoms. The van der Waals surface area contributed by atoms with Crippen molar-refractivity contribution >= 4 is 16.6 Å². The lowest BCUT2D eigenvalue weighted by Gasteiger charge is -2.21. The fraction of sp³-hybridized carbons (Fsp3) is 0.467. The SMILES string of the molecule is Cc1nnc(NCCN(C)C(C)C)c2ccccc12. The molecule has 0 aliphatic rings. The fourth-order valence-corrected chi connectivity index (χ4v) is 1.98. The monoisotopic (exact) mass is 258 g/mol. The molecule has 0 amide bonds. The van der Waals surface area contributed by atoms with E-state index in [1.165, 1.54) is 0 Å². The van der Waals surface area contributed by atoms with Crippen molar-refractivity contribution in [1.82, 2.24) is 15.1 Å². The first-order valence-electron chi connectivity index (χ1n) is 6.75. The molecule has 0 aliphatic heterocycles. The van der Waals surface area contributed by atoms with Gasteiger partial charge >= 0.3 is 0 Å². The Balaban J connectivity index is 2.11. The van der Waals surface area contributed by atoms with Gasteiger partial charge in [-0.15, -0.1) is 5.10 Å². The van der Waals surface area contributed by atoms with Crippen LogP contribution in [0.4, 0.5) is 5.82 Å². The highest BCUT2D eigenvalue weighted by Crippen LogP contribution is 2.21. The van der Waals surface area contributed by atoms with E-state index in [0.717, 1.165) is 35.4 Å². The number of hydrogen-bond acceptors (Lipinski definition) is 4. The van der Waals surface area contributed by atoms with E-state index in [4.69, 9.17) is 0 Å². The third-order valence-corrected chi connectivity index (χ3v) is 3.51. The van der Waals surface area contributed by atoms with Gasteiger partial charge in [0, 0.05) is 29.9 Å². The van der Waals surface area contributed by atoms with Gasteiger partial charge in [-0.25, -0.2) is 0 Å². The average Bonchev–Trinajstić information content (AvgIpc) is 2.41. The maximum Gasteiger partial charge on any atom is 0.156 e. The van der Waals surface area contributed by atoms with Crippen LogP contribution in [0.15, 0.2) is 24.3 Å². The minimum absolute atomic E-state index is 0.558. The highest BCUT2D eigenvalue weighted by molar-refractivity contribution is 5.92. The van der Waals surface area contributed by atoms with Crippen LogP contribution < -0.4 is 5.32 Å². The van der Waals surface area contributed by atoms with E-state index in [1.54, 1.807) is 0 Å². The van der Waals surface area contributed by atoms with Gasteiger partial charge in [-0.05, 0) is 27.8 Å². The Kier molecular flexibility index (Phi) is 4.32. The van der Waals surface area contributed by atoms with Crippen molar-refractivity contribution < 1.29 is 0 Å². The van der Waals surface area contributed by atoms with Gasteiger partial charge < -0.3 is 10.2 Å². The number of nitrogens with zero attached hydrogens (tertiary/aromatic N) is 3. The predicted molar refractivity (Wildman–Crippen MR) is 80.5 cm³/mol. The smallest absolute Gasteiger partial charge is 0.156 e. The molecule has 1 aromatic heterocycles. The summed E-state index contributed by atoms with van der Waals surface area (Å²) in [4.78, 5) is 2.30. The topological polar surface area (TPSA) is 41.1 Å². The normalized spacial score (nSPS) is 11.5. The van der Waals surface area contributed by atoms with E-state index in [-0.39, 0.29) is 0 Å². The van der Waals surface area contributed by atoms with Crippen LogP contribution in [0.2, 0.25) is 0 Å². The molecule has 19 heavy (non-hydrogen) atoms. The number of anilines is 1. The molecule has 4 nitrogen and oxygen atoms in total. The first kappa shape index (κ1) is 13.7. The molecule has 0 radical (unpaired) electrons. The minimum Gasteiger partial charge on any atom is -0.367 e. The number of nitrogens with one attached hydrogen (secondary N) is 1. The number of aromatic nitrogens is 2. The number of benzene rings is 1. The molecule has 0 aliphatic carbocycles. The zero-order chi connectivity index (χ0) is 13.8. The third kappa shape index (κ3) is 3.20. The molecular weight excluding hydrogens is 236 g/mol. The second kappa shape index (κ2) is 5.97. The molecule has 102 valence electrons. The van der Waals surface area contributed by atoms with Crippen molar-refractivity contribution in [1.29, 1.82) is 0 Å². The highest BCUT2D eigenvalue weighted by Gasteiger charge is 2.06. The van der Waals surface area contributed by atoms with Crippen LogP contribution in [0.5, 0.6) is 0 Å². The second-order valence-corrected chi connectivity index (χ2v) is 5.18. The van der Waals surface area contributed by atoms with Gasteiger partial charge in [0.2, 0.25) is 0 Å². The molecule has 0 fully saturated rings. The minimum atomic E-state index is 0.558. The molecule has 0 atom stereocenters. The largest absolute Gasteiger partial charge is 0.367 e. The maximum atomic E-state index is 4.27. The van der Waals surface area contributed by atoms with E-state index in [1.807, 2.05) is 19.1 Å². The molecule has 0 saturated carbocycles. The Bertz CT molecular complexity index is 551. The van der Waals surface area contributed by atoms with E-state index in [0.29, 0.717) is 6.04 Å². The van der Waals surface area contributed by atoms with Crippen LogP contribution in [0.25, 0.3) is 10.8 Å². The van der Waals surface area contributed by atoms with Crippen molar-refractivity contribution in [2.75, 3.05) is 25.5 Å². The lowest BCUT2D eigenvalue weighted by Crippen LogP contribution is -2.31. The summed E-state index contributed by atoms with van der Waals surface area (Å²) in [5.41, 5.74) is 0.973. The molecule has 2 aromatic rings. The number of fused-ring (bicyclic) bond motifs is 1. The van der Waals surface area contributed by atoms with Crippen LogP contribution in [-0.4, -0.2) is 41.3 Å². The van der Waals surface area contributed by atoms with Crippen molar-refractivity contribution in [2.24, 2.45) is 0 Å².